The fourth-order valence-electron chi connectivity index (χ4n) is 3.33. The lowest BCUT2D eigenvalue weighted by molar-refractivity contribution is -0.135. The van der Waals surface area contributed by atoms with Crippen LogP contribution in [0.4, 0.5) is 0 Å². The van der Waals surface area contributed by atoms with Gasteiger partial charge in [0, 0.05) is 19.6 Å². The predicted molar refractivity (Wildman–Crippen MR) is 101 cm³/mol. The molecule has 0 aromatic heterocycles. The van der Waals surface area contributed by atoms with Crippen LogP contribution in [0.2, 0.25) is 0 Å². The van der Waals surface area contributed by atoms with E-state index in [-0.39, 0.29) is 5.91 Å². The quantitative estimate of drug-likeness (QED) is 0.833. The minimum absolute atomic E-state index is 0.0933. The van der Waals surface area contributed by atoms with Crippen molar-refractivity contribution in [1.29, 1.82) is 0 Å². The molecule has 5 heteroatoms. The Labute approximate surface area is 154 Å². The van der Waals surface area contributed by atoms with E-state index >= 15 is 0 Å². The highest BCUT2D eigenvalue weighted by Gasteiger charge is 2.35. The fourth-order valence-corrected chi connectivity index (χ4v) is 3.33. The Kier molecular flexibility index (Phi) is 5.91. The second-order valence-electron chi connectivity index (χ2n) is 6.74. The molecule has 1 heterocycles. The number of nitrogens with zero attached hydrogens (tertiary/aromatic N) is 1. The van der Waals surface area contributed by atoms with Crippen LogP contribution >= 0.6 is 0 Å². The van der Waals surface area contributed by atoms with Crippen LogP contribution in [-0.4, -0.2) is 42.2 Å². The second kappa shape index (κ2) is 8.34. The molecule has 1 amide bonds. The summed E-state index contributed by atoms with van der Waals surface area (Å²) in [6.45, 7) is 2.10. The minimum Gasteiger partial charge on any atom is -0.492 e. The van der Waals surface area contributed by atoms with Crippen molar-refractivity contribution < 1.29 is 14.6 Å². The first-order valence-corrected chi connectivity index (χ1v) is 9.08. The average Bonchev–Trinajstić information content (AvgIpc) is 2.68. The molecule has 138 valence electrons. The monoisotopic (exact) mass is 354 g/mol. The summed E-state index contributed by atoms with van der Waals surface area (Å²) in [5, 5.41) is 10.9. The number of carbonyl (C=O) groups excluding carboxylic acids is 1. The molecular formula is C21H26N2O3. The molecule has 1 aliphatic rings. The summed E-state index contributed by atoms with van der Waals surface area (Å²) in [6.07, 6.45) is 1.49. The third-order valence-electron chi connectivity index (χ3n) is 4.92. The molecule has 3 rings (SSSR count). The molecule has 0 radical (unpaired) electrons. The second-order valence-corrected chi connectivity index (χ2v) is 6.74. The Morgan fingerprint density at radius 1 is 1.08 bits per heavy atom. The number of ether oxygens (including phenoxy) is 1. The maximum atomic E-state index is 12.6. The molecule has 0 unspecified atom stereocenters. The van der Waals surface area contributed by atoms with Crippen LogP contribution in [0, 0.1) is 0 Å². The van der Waals surface area contributed by atoms with Crippen molar-refractivity contribution in [2.75, 3.05) is 26.2 Å². The van der Waals surface area contributed by atoms with Gasteiger partial charge in [-0.2, -0.15) is 0 Å². The topological polar surface area (TPSA) is 75.8 Å². The zero-order valence-corrected chi connectivity index (χ0v) is 14.9. The molecule has 2 aromatic carbocycles. The average molecular weight is 354 g/mol. The van der Waals surface area contributed by atoms with Crippen LogP contribution in [0.15, 0.2) is 54.6 Å². The number of piperidine rings is 1. The molecule has 3 N–H and O–H groups in total. The summed E-state index contributed by atoms with van der Waals surface area (Å²) in [7, 11) is 0. The van der Waals surface area contributed by atoms with Crippen molar-refractivity contribution in [3.63, 3.8) is 0 Å². The smallest absolute Gasteiger partial charge is 0.226 e. The molecular weight excluding hydrogens is 328 g/mol. The highest BCUT2D eigenvalue weighted by molar-refractivity contribution is 5.79. The summed E-state index contributed by atoms with van der Waals surface area (Å²) in [5.74, 6) is 0.855. The predicted octanol–water partition coefficient (Wildman–Crippen LogP) is 2.08. The van der Waals surface area contributed by atoms with Crippen molar-refractivity contribution >= 4 is 5.91 Å². The molecule has 26 heavy (non-hydrogen) atoms. The summed E-state index contributed by atoms with van der Waals surface area (Å²) < 4.78 is 5.45. The van der Waals surface area contributed by atoms with Crippen LogP contribution in [0.1, 0.15) is 24.0 Å². The van der Waals surface area contributed by atoms with Crippen LogP contribution in [0.5, 0.6) is 5.75 Å². The first kappa shape index (κ1) is 18.4. The SMILES string of the molecule is NCCOc1ccc(CC(=O)N2CCC(O)(c3ccccc3)CC2)cc1. The number of aliphatic hydroxyl groups is 1. The van der Waals surface area contributed by atoms with Gasteiger partial charge in [-0.05, 0) is 36.1 Å². The largest absolute Gasteiger partial charge is 0.492 e. The van der Waals surface area contributed by atoms with E-state index in [1.165, 1.54) is 0 Å². The standard InChI is InChI=1S/C21H26N2O3/c22-12-15-26-19-8-6-17(7-9-19)16-20(24)23-13-10-21(25,11-14-23)18-4-2-1-3-5-18/h1-9,25H,10-16,22H2. The first-order valence-electron chi connectivity index (χ1n) is 9.08. The highest BCUT2D eigenvalue weighted by Crippen LogP contribution is 2.32. The van der Waals surface area contributed by atoms with E-state index in [1.807, 2.05) is 59.5 Å². The van der Waals surface area contributed by atoms with Gasteiger partial charge in [0.05, 0.1) is 12.0 Å². The van der Waals surface area contributed by atoms with Gasteiger partial charge < -0.3 is 20.5 Å². The summed E-state index contributed by atoms with van der Waals surface area (Å²) in [5.41, 5.74) is 6.47. The zero-order valence-electron chi connectivity index (χ0n) is 14.9. The normalized spacial score (nSPS) is 16.3. The van der Waals surface area contributed by atoms with E-state index in [4.69, 9.17) is 10.5 Å². The number of hydrogen-bond acceptors (Lipinski definition) is 4. The van der Waals surface area contributed by atoms with Gasteiger partial charge in [0.25, 0.3) is 0 Å². The molecule has 1 aliphatic heterocycles. The number of benzene rings is 2. The van der Waals surface area contributed by atoms with E-state index in [1.54, 1.807) is 0 Å². The first-order chi connectivity index (χ1) is 12.6. The zero-order chi connectivity index (χ0) is 18.4. The van der Waals surface area contributed by atoms with E-state index < -0.39 is 5.60 Å². The van der Waals surface area contributed by atoms with E-state index in [9.17, 15) is 9.90 Å². The lowest BCUT2D eigenvalue weighted by atomic mass is 9.84. The molecule has 0 bridgehead atoms. The van der Waals surface area contributed by atoms with Gasteiger partial charge in [-0.25, -0.2) is 0 Å². The molecule has 2 aromatic rings. The van der Waals surface area contributed by atoms with Crippen molar-refractivity contribution in [2.45, 2.75) is 24.9 Å². The summed E-state index contributed by atoms with van der Waals surface area (Å²) in [4.78, 5) is 14.4. The maximum absolute atomic E-state index is 12.6. The lowest BCUT2D eigenvalue weighted by Crippen LogP contribution is -2.45. The Bertz CT molecular complexity index is 708. The third-order valence-corrected chi connectivity index (χ3v) is 4.92. The number of likely N-dealkylation sites (tertiary alicyclic amines) is 1. The highest BCUT2D eigenvalue weighted by atomic mass is 16.5. The van der Waals surface area contributed by atoms with Gasteiger partial charge in [0.1, 0.15) is 12.4 Å². The molecule has 1 fully saturated rings. The Morgan fingerprint density at radius 3 is 2.35 bits per heavy atom. The summed E-state index contributed by atoms with van der Waals surface area (Å²) >= 11 is 0. The third kappa shape index (κ3) is 4.42. The van der Waals surface area contributed by atoms with Crippen LogP contribution < -0.4 is 10.5 Å². The molecule has 0 spiro atoms. The number of rotatable bonds is 6. The van der Waals surface area contributed by atoms with Crippen LogP contribution in [0.3, 0.4) is 0 Å². The Hall–Kier alpha value is -2.37. The van der Waals surface area contributed by atoms with Crippen LogP contribution in [-0.2, 0) is 16.8 Å². The number of nitrogens with two attached hydrogens (primary N) is 1. The van der Waals surface area contributed by atoms with Crippen molar-refractivity contribution in [2.24, 2.45) is 5.73 Å². The fraction of sp³-hybridized carbons (Fsp3) is 0.381. The molecule has 0 atom stereocenters. The number of amides is 1. The molecule has 1 saturated heterocycles. The van der Waals surface area contributed by atoms with E-state index in [2.05, 4.69) is 0 Å². The van der Waals surface area contributed by atoms with Gasteiger partial charge in [-0.15, -0.1) is 0 Å². The van der Waals surface area contributed by atoms with Gasteiger partial charge in [0.15, 0.2) is 0 Å². The minimum atomic E-state index is -0.833. The van der Waals surface area contributed by atoms with E-state index in [0.717, 1.165) is 16.9 Å². The summed E-state index contributed by atoms with van der Waals surface area (Å²) in [6, 6.07) is 17.3. The van der Waals surface area contributed by atoms with Crippen molar-refractivity contribution in [3.05, 3.63) is 65.7 Å². The molecule has 5 nitrogen and oxygen atoms in total. The van der Waals surface area contributed by atoms with Crippen molar-refractivity contribution in [3.8, 4) is 5.75 Å². The van der Waals surface area contributed by atoms with Crippen molar-refractivity contribution in [1.82, 2.24) is 4.90 Å². The Balaban J connectivity index is 1.54. The van der Waals surface area contributed by atoms with E-state index in [0.29, 0.717) is 45.5 Å². The van der Waals surface area contributed by atoms with Crippen LogP contribution in [0.25, 0.3) is 0 Å². The van der Waals surface area contributed by atoms with Gasteiger partial charge in [0.2, 0.25) is 5.91 Å². The lowest BCUT2D eigenvalue weighted by Gasteiger charge is -2.38. The molecule has 0 saturated carbocycles. The van der Waals surface area contributed by atoms with Gasteiger partial charge >= 0.3 is 0 Å². The maximum Gasteiger partial charge on any atom is 0.226 e. The van der Waals surface area contributed by atoms with Gasteiger partial charge in [-0.1, -0.05) is 42.5 Å². The van der Waals surface area contributed by atoms with Gasteiger partial charge in [-0.3, -0.25) is 4.79 Å². The number of carbonyl (C=O) groups is 1. The number of hydrogen-bond donors (Lipinski definition) is 2. The molecule has 0 aliphatic carbocycles. The Morgan fingerprint density at radius 2 is 1.73 bits per heavy atom.